The first kappa shape index (κ1) is 22.7. The number of carbonyl (C=O) groups excluding carboxylic acids is 1. The van der Waals surface area contributed by atoms with Crippen LogP contribution >= 0.6 is 23.2 Å². The topological polar surface area (TPSA) is 129 Å². The minimum Gasteiger partial charge on any atom is -0.493 e. The molecule has 3 rings (SSSR count). The van der Waals surface area contributed by atoms with Crippen LogP contribution in [0.1, 0.15) is 21.6 Å². The van der Waals surface area contributed by atoms with Crippen molar-refractivity contribution < 1.29 is 24.2 Å². The first-order valence-corrected chi connectivity index (χ1v) is 10.1. The zero-order valence-electron chi connectivity index (χ0n) is 16.7. The number of hydrogen-bond donors (Lipinski definition) is 3. The molecule has 1 aromatic heterocycles. The molecule has 0 aliphatic rings. The summed E-state index contributed by atoms with van der Waals surface area (Å²) in [6, 6.07) is 11.1. The Kier molecular flexibility index (Phi) is 7.94. The first-order chi connectivity index (χ1) is 15.0. The second-order valence-corrected chi connectivity index (χ2v) is 7.37. The van der Waals surface area contributed by atoms with Gasteiger partial charge in [-0.15, -0.1) is 0 Å². The van der Waals surface area contributed by atoms with Gasteiger partial charge in [-0.1, -0.05) is 29.3 Å². The van der Waals surface area contributed by atoms with Crippen LogP contribution in [-0.4, -0.2) is 36.4 Å². The molecule has 5 N–H and O–H groups in total. The van der Waals surface area contributed by atoms with Gasteiger partial charge in [0.1, 0.15) is 13.2 Å². The zero-order chi connectivity index (χ0) is 22.2. The summed E-state index contributed by atoms with van der Waals surface area (Å²) < 4.78 is 15.7. The van der Waals surface area contributed by atoms with Gasteiger partial charge in [0.15, 0.2) is 11.5 Å². The summed E-state index contributed by atoms with van der Waals surface area (Å²) in [5, 5.41) is 12.6. The molecule has 0 fully saturated rings. The fraction of sp³-hybridized carbons (Fsp3) is 0.250. The Bertz CT molecular complexity index is 1040. The number of carbonyl (C=O) groups is 1. The number of quaternary nitrogens is 1. The summed E-state index contributed by atoms with van der Waals surface area (Å²) in [6.45, 7) is 2.14. The molecule has 164 valence electrons. The van der Waals surface area contributed by atoms with E-state index in [1.165, 1.54) is 0 Å². The highest BCUT2D eigenvalue weighted by molar-refractivity contribution is 6.42. The van der Waals surface area contributed by atoms with Gasteiger partial charge in [-0.05, 0) is 46.2 Å². The van der Waals surface area contributed by atoms with Crippen LogP contribution in [0.3, 0.4) is 0 Å². The van der Waals surface area contributed by atoms with Gasteiger partial charge in [-0.25, -0.2) is 4.63 Å². The largest absolute Gasteiger partial charge is 0.493 e. The van der Waals surface area contributed by atoms with E-state index in [-0.39, 0.29) is 11.5 Å². The standard InChI is InChI=1S/C20H21Cl2N5O4/c1-29-17-9-12(10-24-6-7-25-20(28)18-19(23)27-31-26-18)3-5-16(17)30-11-13-2-4-14(21)15(22)8-13/h2-5,8-9,24H,6-7,10-11H2,1H3,(H2,23,27)(H,25,28)/p+1. The molecule has 0 bridgehead atoms. The lowest BCUT2D eigenvalue weighted by molar-refractivity contribution is -0.668. The lowest BCUT2D eigenvalue weighted by atomic mass is 10.2. The second kappa shape index (κ2) is 10.9. The van der Waals surface area contributed by atoms with Crippen LogP contribution in [0.2, 0.25) is 10.0 Å². The monoisotopic (exact) mass is 466 g/mol. The number of nitrogens with two attached hydrogens (primary N) is 2. The maximum Gasteiger partial charge on any atom is 0.277 e. The van der Waals surface area contributed by atoms with Crippen LogP contribution < -0.4 is 25.8 Å². The van der Waals surface area contributed by atoms with Crippen LogP contribution in [-0.2, 0) is 13.2 Å². The Morgan fingerprint density at radius 2 is 1.94 bits per heavy atom. The number of hydrogen-bond acceptors (Lipinski definition) is 7. The van der Waals surface area contributed by atoms with Gasteiger partial charge in [-0.2, -0.15) is 0 Å². The van der Waals surface area contributed by atoms with Crippen molar-refractivity contribution in [1.82, 2.24) is 15.6 Å². The number of rotatable bonds is 10. The Morgan fingerprint density at radius 1 is 1.13 bits per heavy atom. The minimum atomic E-state index is -0.419. The molecular formula is C20H22Cl2N5O4+. The van der Waals surface area contributed by atoms with Crippen LogP contribution in [0.25, 0.3) is 0 Å². The summed E-state index contributed by atoms with van der Waals surface area (Å²) in [5.41, 5.74) is 7.43. The maximum atomic E-state index is 11.9. The summed E-state index contributed by atoms with van der Waals surface area (Å²) in [4.78, 5) is 11.9. The highest BCUT2D eigenvalue weighted by Crippen LogP contribution is 2.29. The number of nitrogens with zero attached hydrogens (tertiary/aromatic N) is 2. The van der Waals surface area contributed by atoms with Gasteiger partial charge < -0.3 is 25.8 Å². The molecule has 0 atom stereocenters. The number of anilines is 1. The summed E-state index contributed by atoms with van der Waals surface area (Å²) in [5.74, 6) is 0.809. The average molecular weight is 467 g/mol. The highest BCUT2D eigenvalue weighted by atomic mass is 35.5. The number of aromatic nitrogens is 2. The molecule has 0 unspecified atom stereocenters. The third kappa shape index (κ3) is 6.24. The summed E-state index contributed by atoms with van der Waals surface area (Å²) >= 11 is 12.0. The molecule has 0 radical (unpaired) electrons. The number of amides is 1. The lowest BCUT2D eigenvalue weighted by Crippen LogP contribution is -2.84. The van der Waals surface area contributed by atoms with E-state index >= 15 is 0 Å². The van der Waals surface area contributed by atoms with Gasteiger partial charge in [0.2, 0.25) is 11.5 Å². The fourth-order valence-corrected chi connectivity index (χ4v) is 3.06. The number of benzene rings is 2. The number of nitrogens with one attached hydrogen (secondary N) is 1. The molecule has 0 saturated carbocycles. The third-order valence-electron chi connectivity index (χ3n) is 4.35. The highest BCUT2D eigenvalue weighted by Gasteiger charge is 2.15. The van der Waals surface area contributed by atoms with Crippen molar-refractivity contribution in [3.8, 4) is 11.5 Å². The Hall–Kier alpha value is -3.01. The van der Waals surface area contributed by atoms with E-state index in [2.05, 4.69) is 25.6 Å². The predicted molar refractivity (Wildman–Crippen MR) is 115 cm³/mol. The normalized spacial score (nSPS) is 10.7. The Labute approximate surface area is 188 Å². The molecule has 1 heterocycles. The van der Waals surface area contributed by atoms with Crippen LogP contribution in [0.5, 0.6) is 11.5 Å². The number of halogens is 2. The predicted octanol–water partition coefficient (Wildman–Crippen LogP) is 2.04. The molecule has 2 aromatic carbocycles. The van der Waals surface area contributed by atoms with Crippen molar-refractivity contribution in [1.29, 1.82) is 0 Å². The Morgan fingerprint density at radius 3 is 2.65 bits per heavy atom. The van der Waals surface area contributed by atoms with Crippen LogP contribution in [0, 0.1) is 0 Å². The molecule has 9 nitrogen and oxygen atoms in total. The molecule has 31 heavy (non-hydrogen) atoms. The number of methoxy groups -OCH3 is 1. The van der Waals surface area contributed by atoms with Gasteiger partial charge in [0.05, 0.1) is 30.2 Å². The van der Waals surface area contributed by atoms with E-state index in [1.54, 1.807) is 19.2 Å². The van der Waals surface area contributed by atoms with E-state index in [1.807, 2.05) is 24.3 Å². The van der Waals surface area contributed by atoms with E-state index in [9.17, 15) is 4.79 Å². The number of nitrogen functional groups attached to an aromatic ring is 1. The third-order valence-corrected chi connectivity index (χ3v) is 5.09. The van der Waals surface area contributed by atoms with Crippen molar-refractivity contribution in [3.05, 3.63) is 63.3 Å². The molecule has 0 spiro atoms. The molecule has 3 aromatic rings. The van der Waals surface area contributed by atoms with Crippen molar-refractivity contribution in [2.75, 3.05) is 25.9 Å². The molecule has 0 saturated heterocycles. The van der Waals surface area contributed by atoms with Crippen LogP contribution in [0.15, 0.2) is 41.0 Å². The SMILES string of the molecule is COc1cc(C[NH2+]CCNC(=O)c2nonc2N)ccc1OCc1ccc(Cl)c(Cl)c1. The Balaban J connectivity index is 1.46. The van der Waals surface area contributed by atoms with Crippen molar-refractivity contribution >= 4 is 34.9 Å². The second-order valence-electron chi connectivity index (χ2n) is 6.56. The average Bonchev–Trinajstić information content (AvgIpc) is 3.20. The summed E-state index contributed by atoms with van der Waals surface area (Å²) in [7, 11) is 1.59. The molecule has 0 aliphatic heterocycles. The molecule has 0 aliphatic carbocycles. The van der Waals surface area contributed by atoms with Crippen molar-refractivity contribution in [2.45, 2.75) is 13.2 Å². The molecular weight excluding hydrogens is 445 g/mol. The minimum absolute atomic E-state index is 0.0128. The van der Waals surface area contributed by atoms with E-state index in [0.717, 1.165) is 11.1 Å². The zero-order valence-corrected chi connectivity index (χ0v) is 18.2. The molecule has 11 heteroatoms. The van der Waals surface area contributed by atoms with Crippen molar-refractivity contribution in [2.24, 2.45) is 0 Å². The van der Waals surface area contributed by atoms with Gasteiger partial charge >= 0.3 is 0 Å². The fourth-order valence-electron chi connectivity index (χ4n) is 2.74. The number of ether oxygens (including phenoxy) is 2. The quantitative estimate of drug-likeness (QED) is 0.389. The molecule has 1 amide bonds. The van der Waals surface area contributed by atoms with E-state index in [4.69, 9.17) is 38.4 Å². The van der Waals surface area contributed by atoms with Gasteiger partial charge in [-0.3, -0.25) is 4.79 Å². The van der Waals surface area contributed by atoms with Gasteiger partial charge in [0.25, 0.3) is 5.91 Å². The van der Waals surface area contributed by atoms with Crippen LogP contribution in [0.4, 0.5) is 5.82 Å². The van der Waals surface area contributed by atoms with Crippen molar-refractivity contribution in [3.63, 3.8) is 0 Å². The van der Waals surface area contributed by atoms with E-state index in [0.29, 0.717) is 47.8 Å². The lowest BCUT2D eigenvalue weighted by Gasteiger charge is -2.12. The first-order valence-electron chi connectivity index (χ1n) is 9.39. The van der Waals surface area contributed by atoms with Gasteiger partial charge in [0, 0.05) is 5.56 Å². The van der Waals surface area contributed by atoms with E-state index < -0.39 is 5.91 Å². The maximum absolute atomic E-state index is 11.9. The smallest absolute Gasteiger partial charge is 0.277 e. The summed E-state index contributed by atoms with van der Waals surface area (Å²) in [6.07, 6.45) is 0.